The molecule has 0 radical (unpaired) electrons. The fourth-order valence-corrected chi connectivity index (χ4v) is 2.74. The summed E-state index contributed by atoms with van der Waals surface area (Å²) in [5.74, 6) is -0.203. The van der Waals surface area contributed by atoms with Crippen LogP contribution in [-0.2, 0) is 13.0 Å². The van der Waals surface area contributed by atoms with Crippen LogP contribution < -0.4 is 5.32 Å². The lowest BCUT2D eigenvalue weighted by Crippen LogP contribution is -2.25. The van der Waals surface area contributed by atoms with Crippen LogP contribution in [0, 0.1) is 0 Å². The zero-order chi connectivity index (χ0) is 17.5. The molecule has 1 N–H and O–H groups in total. The normalized spacial score (nSPS) is 10.6. The van der Waals surface area contributed by atoms with Gasteiger partial charge in [-0.25, -0.2) is 4.68 Å². The lowest BCUT2D eigenvalue weighted by Gasteiger charge is -2.03. The molecule has 0 bridgehead atoms. The number of aryl methyl sites for hydroxylation is 1. The van der Waals surface area contributed by atoms with E-state index in [4.69, 9.17) is 11.6 Å². The molecule has 0 saturated carbocycles. The largest absolute Gasteiger partial charge is 0.351 e. The molecule has 3 aromatic rings. The first-order valence-electron chi connectivity index (χ1n) is 8.17. The topological polar surface area (TPSA) is 59.8 Å². The second-order valence-electron chi connectivity index (χ2n) is 5.78. The molecule has 6 heteroatoms. The van der Waals surface area contributed by atoms with Gasteiger partial charge in [0, 0.05) is 11.6 Å². The molecule has 0 saturated heterocycles. The van der Waals surface area contributed by atoms with Crippen molar-refractivity contribution in [3.05, 3.63) is 82.6 Å². The highest BCUT2D eigenvalue weighted by Crippen LogP contribution is 2.11. The number of benzene rings is 2. The van der Waals surface area contributed by atoms with Crippen LogP contribution in [0.5, 0.6) is 0 Å². The number of carbonyl (C=O) groups excluding carboxylic acids is 1. The Bertz CT molecular complexity index is 832. The van der Waals surface area contributed by atoms with Crippen molar-refractivity contribution in [3.8, 4) is 0 Å². The summed E-state index contributed by atoms with van der Waals surface area (Å²) in [5.41, 5.74) is 2.60. The molecule has 128 valence electrons. The Hall–Kier alpha value is -2.66. The number of nitrogens with zero attached hydrogens (tertiary/aromatic N) is 3. The third-order valence-electron chi connectivity index (χ3n) is 3.78. The van der Waals surface area contributed by atoms with E-state index in [9.17, 15) is 4.79 Å². The summed E-state index contributed by atoms with van der Waals surface area (Å²) in [4.78, 5) is 12.1. The van der Waals surface area contributed by atoms with Crippen molar-refractivity contribution in [3.63, 3.8) is 0 Å². The average molecular weight is 355 g/mol. The zero-order valence-corrected chi connectivity index (χ0v) is 14.5. The van der Waals surface area contributed by atoms with Crippen molar-refractivity contribution in [1.82, 2.24) is 20.3 Å². The highest BCUT2D eigenvalue weighted by atomic mass is 35.5. The molecule has 1 heterocycles. The number of hydrogen-bond donors (Lipinski definition) is 1. The Labute approximate surface area is 151 Å². The Morgan fingerprint density at radius 1 is 1.08 bits per heavy atom. The van der Waals surface area contributed by atoms with Crippen molar-refractivity contribution in [2.75, 3.05) is 6.54 Å². The molecule has 0 atom stereocenters. The molecule has 1 aromatic heterocycles. The third kappa shape index (κ3) is 5.16. The van der Waals surface area contributed by atoms with Crippen LogP contribution in [0.4, 0.5) is 0 Å². The lowest BCUT2D eigenvalue weighted by molar-refractivity contribution is 0.0948. The second-order valence-corrected chi connectivity index (χ2v) is 6.21. The van der Waals surface area contributed by atoms with E-state index in [-0.39, 0.29) is 5.91 Å². The van der Waals surface area contributed by atoms with Gasteiger partial charge in [-0.1, -0.05) is 59.3 Å². The first-order valence-corrected chi connectivity index (χ1v) is 8.55. The van der Waals surface area contributed by atoms with Gasteiger partial charge in [0.1, 0.15) is 0 Å². The fourth-order valence-electron chi connectivity index (χ4n) is 2.53. The van der Waals surface area contributed by atoms with Gasteiger partial charge >= 0.3 is 0 Å². The van der Waals surface area contributed by atoms with Gasteiger partial charge in [-0.3, -0.25) is 4.79 Å². The van der Waals surface area contributed by atoms with Crippen LogP contribution in [0.3, 0.4) is 0 Å². The van der Waals surface area contributed by atoms with Crippen LogP contribution in [-0.4, -0.2) is 27.4 Å². The Kier molecular flexibility index (Phi) is 5.80. The third-order valence-corrected chi connectivity index (χ3v) is 4.01. The maximum atomic E-state index is 12.1. The highest BCUT2D eigenvalue weighted by Gasteiger charge is 2.10. The van der Waals surface area contributed by atoms with Crippen molar-refractivity contribution in [2.45, 2.75) is 19.4 Å². The van der Waals surface area contributed by atoms with E-state index in [1.807, 2.05) is 42.5 Å². The molecule has 3 rings (SSSR count). The maximum absolute atomic E-state index is 12.1. The number of halogens is 1. The van der Waals surface area contributed by atoms with Crippen molar-refractivity contribution in [1.29, 1.82) is 0 Å². The van der Waals surface area contributed by atoms with E-state index < -0.39 is 0 Å². The smallest absolute Gasteiger partial charge is 0.273 e. The van der Waals surface area contributed by atoms with Crippen LogP contribution >= 0.6 is 11.6 Å². The minimum atomic E-state index is -0.203. The van der Waals surface area contributed by atoms with E-state index >= 15 is 0 Å². The number of nitrogens with one attached hydrogen (secondary N) is 1. The summed E-state index contributed by atoms with van der Waals surface area (Å²) in [6.07, 6.45) is 3.46. The molecule has 25 heavy (non-hydrogen) atoms. The summed E-state index contributed by atoms with van der Waals surface area (Å²) >= 11 is 5.97. The number of hydrogen-bond acceptors (Lipinski definition) is 3. The molecule has 0 aliphatic carbocycles. The highest BCUT2D eigenvalue weighted by molar-refractivity contribution is 6.30. The number of aromatic nitrogens is 3. The number of carbonyl (C=O) groups is 1. The van der Waals surface area contributed by atoms with Gasteiger partial charge in [-0.15, -0.1) is 5.10 Å². The molecule has 0 fully saturated rings. The molecule has 0 aliphatic rings. The van der Waals surface area contributed by atoms with Crippen molar-refractivity contribution >= 4 is 17.5 Å². The summed E-state index contributed by atoms with van der Waals surface area (Å²) in [5, 5.41) is 11.5. The average Bonchev–Trinajstić information content (AvgIpc) is 3.08. The van der Waals surface area contributed by atoms with Gasteiger partial charge in [0.15, 0.2) is 5.69 Å². The number of amides is 1. The Balaban J connectivity index is 1.47. The van der Waals surface area contributed by atoms with Gasteiger partial charge in [0.25, 0.3) is 5.91 Å². The molecular weight excluding hydrogens is 336 g/mol. The minimum absolute atomic E-state index is 0.203. The van der Waals surface area contributed by atoms with E-state index in [2.05, 4.69) is 27.8 Å². The standard InChI is InChI=1S/C19H19ClN4O/c20-17-10-4-8-16(12-17)13-24-14-18(22-23-24)19(25)21-11-5-9-15-6-2-1-3-7-15/h1-4,6-8,10,12,14H,5,9,11,13H2,(H,21,25). The molecule has 0 spiro atoms. The maximum Gasteiger partial charge on any atom is 0.273 e. The molecule has 0 unspecified atom stereocenters. The first kappa shape index (κ1) is 17.2. The lowest BCUT2D eigenvalue weighted by atomic mass is 10.1. The molecule has 0 aliphatic heterocycles. The van der Waals surface area contributed by atoms with E-state index in [0.29, 0.717) is 23.8 Å². The summed E-state index contributed by atoms with van der Waals surface area (Å²) in [6, 6.07) is 17.7. The minimum Gasteiger partial charge on any atom is -0.351 e. The van der Waals surface area contributed by atoms with E-state index in [0.717, 1.165) is 18.4 Å². The quantitative estimate of drug-likeness (QED) is 0.662. The monoisotopic (exact) mass is 354 g/mol. The Morgan fingerprint density at radius 3 is 2.68 bits per heavy atom. The van der Waals surface area contributed by atoms with Crippen molar-refractivity contribution < 1.29 is 4.79 Å². The summed E-state index contributed by atoms with van der Waals surface area (Å²) in [6.45, 7) is 1.13. The van der Waals surface area contributed by atoms with Gasteiger partial charge in [0.2, 0.25) is 0 Å². The van der Waals surface area contributed by atoms with Crippen LogP contribution in [0.2, 0.25) is 5.02 Å². The number of rotatable bonds is 7. The SMILES string of the molecule is O=C(NCCCc1ccccc1)c1cn(Cc2cccc(Cl)c2)nn1. The van der Waals surface area contributed by atoms with Crippen LogP contribution in [0.25, 0.3) is 0 Å². The summed E-state index contributed by atoms with van der Waals surface area (Å²) in [7, 11) is 0. The predicted octanol–water partition coefficient (Wildman–Crippen LogP) is 3.34. The fraction of sp³-hybridized carbons (Fsp3) is 0.211. The van der Waals surface area contributed by atoms with Crippen molar-refractivity contribution in [2.24, 2.45) is 0 Å². The molecule has 1 amide bonds. The molecule has 2 aromatic carbocycles. The molecule has 5 nitrogen and oxygen atoms in total. The van der Waals surface area contributed by atoms with Crippen LogP contribution in [0.15, 0.2) is 60.8 Å². The second kappa shape index (κ2) is 8.44. The van der Waals surface area contributed by atoms with Gasteiger partial charge in [0.05, 0.1) is 12.7 Å². The predicted molar refractivity (Wildman–Crippen MR) is 97.7 cm³/mol. The van der Waals surface area contributed by atoms with Gasteiger partial charge in [-0.2, -0.15) is 0 Å². The zero-order valence-electron chi connectivity index (χ0n) is 13.7. The Morgan fingerprint density at radius 2 is 1.88 bits per heavy atom. The van der Waals surface area contributed by atoms with E-state index in [1.165, 1.54) is 5.56 Å². The first-order chi connectivity index (χ1) is 12.2. The molecular formula is C19H19ClN4O. The van der Waals surface area contributed by atoms with Gasteiger partial charge < -0.3 is 5.32 Å². The van der Waals surface area contributed by atoms with E-state index in [1.54, 1.807) is 10.9 Å². The van der Waals surface area contributed by atoms with Gasteiger partial charge in [-0.05, 0) is 36.1 Å². The van der Waals surface area contributed by atoms with Crippen LogP contribution in [0.1, 0.15) is 28.0 Å². The summed E-state index contributed by atoms with van der Waals surface area (Å²) < 4.78 is 1.63.